The molecule has 0 saturated carbocycles. The van der Waals surface area contributed by atoms with E-state index >= 15 is 0 Å². The fourth-order valence-electron chi connectivity index (χ4n) is 5.18. The molecule has 0 radical (unpaired) electrons. The molecule has 5 rings (SSSR count). The van der Waals surface area contributed by atoms with Crippen LogP contribution in [0.4, 0.5) is 0 Å². The molecule has 5 heteroatoms. The second-order valence-corrected chi connectivity index (χ2v) is 9.11. The summed E-state index contributed by atoms with van der Waals surface area (Å²) in [5.41, 5.74) is 1.32. The van der Waals surface area contributed by atoms with Crippen molar-refractivity contribution in [3.63, 3.8) is 0 Å². The van der Waals surface area contributed by atoms with Crippen LogP contribution in [0.1, 0.15) is 31.0 Å². The van der Waals surface area contributed by atoms with Crippen molar-refractivity contribution in [1.82, 2.24) is 4.90 Å². The number of carbonyl (C=O) groups is 2. The molecule has 0 N–H and O–H groups in total. The van der Waals surface area contributed by atoms with E-state index in [0.29, 0.717) is 13.2 Å². The fraction of sp³-hybridized carbons (Fsp3) is 0.385. The molecule has 2 fully saturated rings. The number of rotatable bonds is 6. The monoisotopic (exact) mass is 417 g/mol. The van der Waals surface area contributed by atoms with Gasteiger partial charge in [0.1, 0.15) is 11.5 Å². The molecule has 2 aromatic rings. The topological polar surface area (TPSA) is 55.8 Å². The summed E-state index contributed by atoms with van der Waals surface area (Å²) >= 11 is 0. The number of carbonyl (C=O) groups excluding carboxylic acids is 2. The highest BCUT2D eigenvalue weighted by Crippen LogP contribution is 2.54. The van der Waals surface area contributed by atoms with E-state index in [0.717, 1.165) is 11.1 Å². The van der Waals surface area contributed by atoms with Gasteiger partial charge in [0.2, 0.25) is 5.91 Å². The maximum atomic E-state index is 13.8. The molecule has 0 aromatic heterocycles. The van der Waals surface area contributed by atoms with Crippen LogP contribution in [0.25, 0.3) is 0 Å². The molecule has 2 aromatic carbocycles. The number of amides is 1. The Balaban J connectivity index is 1.50. The number of fused-ring (bicyclic) bond motifs is 1. The van der Waals surface area contributed by atoms with E-state index in [4.69, 9.17) is 9.47 Å². The third kappa shape index (κ3) is 3.28. The smallest absolute Gasteiger partial charge is 0.312 e. The van der Waals surface area contributed by atoms with Gasteiger partial charge < -0.3 is 14.4 Å². The highest BCUT2D eigenvalue weighted by molar-refractivity contribution is 5.91. The lowest BCUT2D eigenvalue weighted by Crippen LogP contribution is -2.40. The molecule has 0 aliphatic carbocycles. The predicted octanol–water partition coefficient (Wildman–Crippen LogP) is 3.76. The zero-order valence-electron chi connectivity index (χ0n) is 17.8. The summed E-state index contributed by atoms with van der Waals surface area (Å²) in [7, 11) is 0. The molecule has 0 unspecified atom stereocenters. The van der Waals surface area contributed by atoms with Gasteiger partial charge in [-0.25, -0.2) is 0 Å². The van der Waals surface area contributed by atoms with Crippen molar-refractivity contribution in [1.29, 1.82) is 0 Å². The van der Waals surface area contributed by atoms with Crippen LogP contribution in [-0.4, -0.2) is 41.6 Å². The SMILES string of the molecule is CC(C)COC(=O)[C@H]1[C@@H]2C=C[C@]3(CN(C(c4ccccc4)c4ccccc4)C(=O)[C@H]13)O2. The van der Waals surface area contributed by atoms with Crippen LogP contribution in [0, 0.1) is 17.8 Å². The largest absolute Gasteiger partial charge is 0.465 e. The number of benzene rings is 2. The van der Waals surface area contributed by atoms with Crippen molar-refractivity contribution in [2.45, 2.75) is 31.6 Å². The molecule has 1 amide bonds. The molecule has 5 nitrogen and oxygen atoms in total. The van der Waals surface area contributed by atoms with Gasteiger partial charge in [-0.1, -0.05) is 86.7 Å². The van der Waals surface area contributed by atoms with Crippen molar-refractivity contribution in [2.24, 2.45) is 17.8 Å². The zero-order chi connectivity index (χ0) is 21.6. The number of ether oxygens (including phenoxy) is 2. The predicted molar refractivity (Wildman–Crippen MR) is 116 cm³/mol. The van der Waals surface area contributed by atoms with E-state index in [2.05, 4.69) is 0 Å². The van der Waals surface area contributed by atoms with E-state index < -0.39 is 17.4 Å². The highest BCUT2D eigenvalue weighted by Gasteiger charge is 2.68. The van der Waals surface area contributed by atoms with Crippen molar-refractivity contribution >= 4 is 11.9 Å². The van der Waals surface area contributed by atoms with Crippen LogP contribution in [0.3, 0.4) is 0 Å². The molecule has 2 saturated heterocycles. The summed E-state index contributed by atoms with van der Waals surface area (Å²) in [6.45, 7) is 4.77. The van der Waals surface area contributed by atoms with Gasteiger partial charge in [-0.05, 0) is 17.0 Å². The van der Waals surface area contributed by atoms with Gasteiger partial charge in [0.15, 0.2) is 0 Å². The normalized spacial score (nSPS) is 28.6. The lowest BCUT2D eigenvalue weighted by Gasteiger charge is -2.31. The standard InChI is InChI=1S/C26H27NO4/c1-17(2)15-30-25(29)21-20-13-14-26(31-20)16-27(24(28)22(21)26)23(18-9-5-3-6-10-18)19-11-7-4-8-12-19/h3-14,17,20-23H,15-16H2,1-2H3/t20-,21-,22-,26+/m0/s1. The van der Waals surface area contributed by atoms with Gasteiger partial charge >= 0.3 is 5.97 Å². The average molecular weight is 418 g/mol. The summed E-state index contributed by atoms with van der Waals surface area (Å²) in [5.74, 6) is -1.27. The van der Waals surface area contributed by atoms with E-state index in [1.807, 2.05) is 91.6 Å². The first-order chi connectivity index (χ1) is 15.0. The first kappa shape index (κ1) is 20.0. The van der Waals surface area contributed by atoms with Crippen molar-refractivity contribution < 1.29 is 19.1 Å². The van der Waals surface area contributed by atoms with Crippen molar-refractivity contribution in [2.75, 3.05) is 13.2 Å². The minimum atomic E-state index is -0.759. The van der Waals surface area contributed by atoms with Crippen LogP contribution < -0.4 is 0 Å². The highest BCUT2D eigenvalue weighted by atomic mass is 16.6. The number of hydrogen-bond donors (Lipinski definition) is 0. The minimum absolute atomic E-state index is 0.0453. The van der Waals surface area contributed by atoms with Crippen LogP contribution in [-0.2, 0) is 19.1 Å². The number of likely N-dealkylation sites (tertiary alicyclic amines) is 1. The number of hydrogen-bond acceptors (Lipinski definition) is 4. The Morgan fingerprint density at radius 2 is 1.71 bits per heavy atom. The Morgan fingerprint density at radius 3 is 2.29 bits per heavy atom. The first-order valence-corrected chi connectivity index (χ1v) is 10.9. The summed E-state index contributed by atoms with van der Waals surface area (Å²) in [6, 6.07) is 19.8. The Hall–Kier alpha value is -2.92. The molecule has 1 spiro atoms. The number of esters is 1. The van der Waals surface area contributed by atoms with Gasteiger partial charge in [0.25, 0.3) is 0 Å². The third-order valence-electron chi connectivity index (χ3n) is 6.50. The van der Waals surface area contributed by atoms with Gasteiger partial charge in [-0.3, -0.25) is 9.59 Å². The summed E-state index contributed by atoms with van der Waals surface area (Å²) in [4.78, 5) is 28.6. The zero-order valence-corrected chi connectivity index (χ0v) is 17.8. The second kappa shape index (κ2) is 7.65. The Bertz CT molecular complexity index is 963. The lowest BCUT2D eigenvalue weighted by atomic mass is 9.77. The molecule has 4 atom stereocenters. The lowest BCUT2D eigenvalue weighted by molar-refractivity contribution is -0.155. The molecule has 3 aliphatic heterocycles. The van der Waals surface area contributed by atoms with E-state index in [-0.39, 0.29) is 29.9 Å². The molecule has 31 heavy (non-hydrogen) atoms. The summed E-state index contributed by atoms with van der Waals surface area (Å²) in [5, 5.41) is 0. The average Bonchev–Trinajstić information content (AvgIpc) is 3.42. The molecule has 3 heterocycles. The van der Waals surface area contributed by atoms with Crippen molar-refractivity contribution in [3.8, 4) is 0 Å². The third-order valence-corrected chi connectivity index (χ3v) is 6.50. The fourth-order valence-corrected chi connectivity index (χ4v) is 5.18. The van der Waals surface area contributed by atoms with Crippen LogP contribution >= 0.6 is 0 Å². The van der Waals surface area contributed by atoms with Gasteiger partial charge in [-0.15, -0.1) is 0 Å². The van der Waals surface area contributed by atoms with E-state index in [1.54, 1.807) is 0 Å². The molecule has 160 valence electrons. The quantitative estimate of drug-likeness (QED) is 0.531. The van der Waals surface area contributed by atoms with Gasteiger partial charge in [-0.2, -0.15) is 0 Å². The van der Waals surface area contributed by atoms with E-state index in [1.165, 1.54) is 0 Å². The maximum absolute atomic E-state index is 13.8. The van der Waals surface area contributed by atoms with E-state index in [9.17, 15) is 9.59 Å². The van der Waals surface area contributed by atoms with Crippen LogP contribution in [0.2, 0.25) is 0 Å². The van der Waals surface area contributed by atoms with Crippen molar-refractivity contribution in [3.05, 3.63) is 83.9 Å². The summed E-state index contributed by atoms with van der Waals surface area (Å²) < 4.78 is 11.8. The Morgan fingerprint density at radius 1 is 1.10 bits per heavy atom. The molecule has 2 bridgehead atoms. The van der Waals surface area contributed by atoms with Crippen LogP contribution in [0.5, 0.6) is 0 Å². The maximum Gasteiger partial charge on any atom is 0.312 e. The van der Waals surface area contributed by atoms with Gasteiger partial charge in [0.05, 0.1) is 31.2 Å². The Labute approximate surface area is 182 Å². The first-order valence-electron chi connectivity index (χ1n) is 10.9. The molecular formula is C26H27NO4. The molecular weight excluding hydrogens is 390 g/mol. The second-order valence-electron chi connectivity index (χ2n) is 9.11. The number of nitrogens with zero attached hydrogens (tertiary/aromatic N) is 1. The molecule has 3 aliphatic rings. The summed E-state index contributed by atoms with van der Waals surface area (Å²) in [6.07, 6.45) is 3.52. The Kier molecular flexibility index (Phi) is 4.94. The minimum Gasteiger partial charge on any atom is -0.465 e. The van der Waals surface area contributed by atoms with Gasteiger partial charge in [0, 0.05) is 0 Å². The van der Waals surface area contributed by atoms with Crippen LogP contribution in [0.15, 0.2) is 72.8 Å².